The van der Waals surface area contributed by atoms with Gasteiger partial charge < -0.3 is 30.3 Å². The summed E-state index contributed by atoms with van der Waals surface area (Å²) in [5.74, 6) is 0. The van der Waals surface area contributed by atoms with E-state index in [4.69, 9.17) is 20.1 Å². The molecule has 13 heavy (non-hydrogen) atoms. The first kappa shape index (κ1) is 10.8. The fourth-order valence-electron chi connectivity index (χ4n) is 1.30. The summed E-state index contributed by atoms with van der Waals surface area (Å²) in [5, 5.41) is 45.1. The Morgan fingerprint density at radius 3 is 2.08 bits per heavy atom. The van der Waals surface area contributed by atoms with Crippen molar-refractivity contribution in [3.05, 3.63) is 0 Å². The Kier molecular flexibility index (Phi) is 3.60. The topological polar surface area (TPSA) is 110 Å². The summed E-state index contributed by atoms with van der Waals surface area (Å²) in [5.41, 5.74) is 0. The van der Waals surface area contributed by atoms with E-state index in [1.54, 1.807) is 0 Å². The summed E-state index contributed by atoms with van der Waals surface area (Å²) < 4.78 is 4.76. The fourth-order valence-corrected chi connectivity index (χ4v) is 1.30. The Balaban J connectivity index is 2.59. The highest BCUT2D eigenvalue weighted by atomic mass is 16.6. The van der Waals surface area contributed by atoms with Gasteiger partial charge >= 0.3 is 0 Å². The highest BCUT2D eigenvalue weighted by molar-refractivity contribution is 4.88. The molecule has 1 aliphatic heterocycles. The summed E-state index contributed by atoms with van der Waals surface area (Å²) in [4.78, 5) is 0. The quantitative estimate of drug-likeness (QED) is 0.324. The maximum Gasteiger partial charge on any atom is 0.183 e. The van der Waals surface area contributed by atoms with Crippen molar-refractivity contribution in [2.75, 3.05) is 6.61 Å². The molecule has 0 aliphatic carbocycles. The third-order valence-corrected chi connectivity index (χ3v) is 2.10. The first-order chi connectivity index (χ1) is 6.07. The monoisotopic (exact) mass is 194 g/mol. The van der Waals surface area contributed by atoms with Crippen molar-refractivity contribution < 1.29 is 30.3 Å². The number of rotatable bonds is 2. The zero-order valence-electron chi connectivity index (χ0n) is 6.95. The van der Waals surface area contributed by atoms with Gasteiger partial charge in [-0.1, -0.05) is 0 Å². The van der Waals surface area contributed by atoms with Crippen LogP contribution in [0, 0.1) is 0 Å². The van der Waals surface area contributed by atoms with Crippen LogP contribution >= 0.6 is 0 Å². The van der Waals surface area contributed by atoms with E-state index >= 15 is 0 Å². The minimum atomic E-state index is -1.52. The molecule has 1 saturated heterocycles. The van der Waals surface area contributed by atoms with Crippen LogP contribution in [0.15, 0.2) is 0 Å². The van der Waals surface area contributed by atoms with Crippen molar-refractivity contribution in [2.24, 2.45) is 0 Å². The molecule has 0 unspecified atom stereocenters. The van der Waals surface area contributed by atoms with Crippen LogP contribution in [0.1, 0.15) is 6.42 Å². The molecule has 1 fully saturated rings. The first-order valence-electron chi connectivity index (χ1n) is 4.06. The summed E-state index contributed by atoms with van der Waals surface area (Å²) >= 11 is 0. The molecule has 0 bridgehead atoms. The van der Waals surface area contributed by atoms with Crippen LogP contribution in [0.5, 0.6) is 0 Å². The fraction of sp³-hybridized carbons (Fsp3) is 1.00. The Morgan fingerprint density at radius 2 is 1.54 bits per heavy atom. The van der Waals surface area contributed by atoms with Crippen molar-refractivity contribution >= 4 is 0 Å². The van der Waals surface area contributed by atoms with Gasteiger partial charge in [-0.2, -0.15) is 0 Å². The zero-order chi connectivity index (χ0) is 10.0. The van der Waals surface area contributed by atoms with Crippen LogP contribution in [-0.4, -0.2) is 62.8 Å². The predicted octanol–water partition coefficient (Wildman–Crippen LogP) is -2.83. The molecule has 78 valence electrons. The summed E-state index contributed by atoms with van der Waals surface area (Å²) in [6, 6.07) is 0. The largest absolute Gasteiger partial charge is 0.396 e. The van der Waals surface area contributed by atoms with Gasteiger partial charge in [0.15, 0.2) is 6.29 Å². The van der Waals surface area contributed by atoms with Gasteiger partial charge in [0, 0.05) is 6.61 Å². The predicted molar refractivity (Wildman–Crippen MR) is 40.6 cm³/mol. The second-order valence-corrected chi connectivity index (χ2v) is 3.05. The van der Waals surface area contributed by atoms with Crippen LogP contribution < -0.4 is 0 Å². The normalized spacial score (nSPS) is 46.4. The molecule has 1 rings (SSSR count). The van der Waals surface area contributed by atoms with Gasteiger partial charge in [-0.25, -0.2) is 0 Å². The first-order valence-corrected chi connectivity index (χ1v) is 4.06. The minimum absolute atomic E-state index is 0.0992. The van der Waals surface area contributed by atoms with E-state index in [2.05, 4.69) is 0 Å². The highest BCUT2D eigenvalue weighted by Crippen LogP contribution is 2.21. The molecule has 6 heteroatoms. The SMILES string of the molecule is OCC[C@H]1O[C@H](O)[C@H](O)[C@@H](O)[C@@H]1O. The standard InChI is InChI=1S/C7H14O6/c8-2-1-3-4(9)5(10)6(11)7(12)13-3/h3-12H,1-2H2/t3-,4-,5+,6-,7+/m1/s1. The summed E-state index contributed by atoms with van der Waals surface area (Å²) in [6.45, 7) is -0.225. The summed E-state index contributed by atoms with van der Waals surface area (Å²) in [7, 11) is 0. The minimum Gasteiger partial charge on any atom is -0.396 e. The van der Waals surface area contributed by atoms with Gasteiger partial charge in [-0.3, -0.25) is 0 Å². The number of hydrogen-bond donors (Lipinski definition) is 5. The van der Waals surface area contributed by atoms with E-state index in [-0.39, 0.29) is 13.0 Å². The van der Waals surface area contributed by atoms with Crippen LogP contribution in [0.2, 0.25) is 0 Å². The summed E-state index contributed by atoms with van der Waals surface area (Å²) in [6.07, 6.45) is -6.51. The molecular weight excluding hydrogens is 180 g/mol. The maximum absolute atomic E-state index is 9.30. The van der Waals surface area contributed by atoms with Gasteiger partial charge in [0.05, 0.1) is 6.10 Å². The third kappa shape index (κ3) is 2.16. The average Bonchev–Trinajstić information content (AvgIpc) is 2.11. The van der Waals surface area contributed by atoms with Crippen molar-refractivity contribution in [1.29, 1.82) is 0 Å². The molecule has 0 aromatic carbocycles. The smallest absolute Gasteiger partial charge is 0.183 e. The Labute approximate surface area is 75.0 Å². The second kappa shape index (κ2) is 4.32. The molecule has 0 amide bonds. The molecule has 0 aromatic heterocycles. The molecule has 6 nitrogen and oxygen atoms in total. The van der Waals surface area contributed by atoms with Crippen molar-refractivity contribution in [2.45, 2.75) is 37.1 Å². The Morgan fingerprint density at radius 1 is 0.923 bits per heavy atom. The van der Waals surface area contributed by atoms with E-state index in [9.17, 15) is 10.2 Å². The number of ether oxygens (including phenoxy) is 1. The van der Waals surface area contributed by atoms with Crippen LogP contribution in [-0.2, 0) is 4.74 Å². The van der Waals surface area contributed by atoms with E-state index < -0.39 is 30.7 Å². The van der Waals surface area contributed by atoms with Gasteiger partial charge in [-0.15, -0.1) is 0 Å². The number of hydrogen-bond acceptors (Lipinski definition) is 6. The molecule has 5 atom stereocenters. The van der Waals surface area contributed by atoms with E-state index in [0.717, 1.165) is 0 Å². The number of aliphatic hydroxyl groups excluding tert-OH is 5. The molecule has 0 aromatic rings. The van der Waals surface area contributed by atoms with E-state index in [1.807, 2.05) is 0 Å². The van der Waals surface area contributed by atoms with Gasteiger partial charge in [0.2, 0.25) is 0 Å². The third-order valence-electron chi connectivity index (χ3n) is 2.10. The molecule has 1 heterocycles. The van der Waals surface area contributed by atoms with E-state index in [1.165, 1.54) is 0 Å². The lowest BCUT2D eigenvalue weighted by Crippen LogP contribution is -2.57. The second-order valence-electron chi connectivity index (χ2n) is 3.05. The molecule has 0 spiro atoms. The lowest BCUT2D eigenvalue weighted by Gasteiger charge is -2.38. The van der Waals surface area contributed by atoms with E-state index in [0.29, 0.717) is 0 Å². The number of aliphatic hydroxyl groups is 5. The average molecular weight is 194 g/mol. The molecule has 0 radical (unpaired) electrons. The van der Waals surface area contributed by atoms with Gasteiger partial charge in [0.25, 0.3) is 0 Å². The van der Waals surface area contributed by atoms with Crippen LogP contribution in [0.25, 0.3) is 0 Å². The van der Waals surface area contributed by atoms with Crippen LogP contribution in [0.4, 0.5) is 0 Å². The lowest BCUT2D eigenvalue weighted by atomic mass is 9.97. The molecule has 1 aliphatic rings. The molecular formula is C7H14O6. The maximum atomic E-state index is 9.30. The van der Waals surface area contributed by atoms with Crippen molar-refractivity contribution in [1.82, 2.24) is 0 Å². The van der Waals surface area contributed by atoms with Crippen LogP contribution in [0.3, 0.4) is 0 Å². The van der Waals surface area contributed by atoms with Gasteiger partial charge in [0.1, 0.15) is 18.3 Å². The van der Waals surface area contributed by atoms with Gasteiger partial charge in [-0.05, 0) is 6.42 Å². The Hall–Kier alpha value is -0.240. The molecule has 5 N–H and O–H groups in total. The lowest BCUT2D eigenvalue weighted by molar-refractivity contribution is -0.283. The zero-order valence-corrected chi connectivity index (χ0v) is 6.95. The Bertz CT molecular complexity index is 163. The van der Waals surface area contributed by atoms with Crippen molar-refractivity contribution in [3.8, 4) is 0 Å². The van der Waals surface area contributed by atoms with Crippen molar-refractivity contribution in [3.63, 3.8) is 0 Å². The highest BCUT2D eigenvalue weighted by Gasteiger charge is 2.42. The molecule has 0 saturated carbocycles.